The minimum absolute atomic E-state index is 0.295. The van der Waals surface area contributed by atoms with E-state index in [1.807, 2.05) is 13.8 Å². The SMILES string of the molecule is CCCC1(C(=O)O)CCCN1C(=O)NCc1scnc1C. The molecule has 0 bridgehead atoms. The van der Waals surface area contributed by atoms with Crippen LogP contribution in [0.1, 0.15) is 43.2 Å². The molecule has 2 rings (SSSR count). The van der Waals surface area contributed by atoms with Crippen molar-refractivity contribution in [3.05, 3.63) is 16.1 Å². The average molecular weight is 311 g/mol. The minimum atomic E-state index is -1.04. The van der Waals surface area contributed by atoms with Crippen LogP contribution >= 0.6 is 11.3 Å². The van der Waals surface area contributed by atoms with Gasteiger partial charge in [0.2, 0.25) is 0 Å². The van der Waals surface area contributed by atoms with E-state index in [1.165, 1.54) is 16.2 Å². The maximum atomic E-state index is 12.4. The van der Waals surface area contributed by atoms with Gasteiger partial charge in [0.05, 0.1) is 17.7 Å². The highest BCUT2D eigenvalue weighted by Crippen LogP contribution is 2.34. The highest BCUT2D eigenvalue weighted by molar-refractivity contribution is 7.09. The molecule has 0 radical (unpaired) electrons. The summed E-state index contributed by atoms with van der Waals surface area (Å²) >= 11 is 1.49. The average Bonchev–Trinajstić information content (AvgIpc) is 3.04. The highest BCUT2D eigenvalue weighted by Gasteiger charge is 2.49. The number of rotatable bonds is 5. The Morgan fingerprint density at radius 2 is 2.33 bits per heavy atom. The first kappa shape index (κ1) is 15.8. The van der Waals surface area contributed by atoms with Crippen LogP contribution in [0.2, 0.25) is 0 Å². The molecule has 1 saturated heterocycles. The van der Waals surface area contributed by atoms with Crippen LogP contribution < -0.4 is 5.32 Å². The standard InChI is InChI=1S/C14H21N3O3S/c1-3-5-14(12(18)19)6-4-7-17(14)13(20)15-8-11-10(2)16-9-21-11/h9H,3-8H2,1-2H3,(H,15,20)(H,18,19). The molecule has 1 aromatic rings. The van der Waals surface area contributed by atoms with Crippen molar-refractivity contribution in [1.29, 1.82) is 0 Å². The Morgan fingerprint density at radius 1 is 1.57 bits per heavy atom. The van der Waals surface area contributed by atoms with Gasteiger partial charge in [-0.2, -0.15) is 0 Å². The van der Waals surface area contributed by atoms with Crippen molar-refractivity contribution in [2.45, 2.75) is 51.6 Å². The molecule has 1 atom stereocenters. The first-order valence-electron chi connectivity index (χ1n) is 7.19. The number of thiazole rings is 1. The van der Waals surface area contributed by atoms with Gasteiger partial charge in [0.15, 0.2) is 0 Å². The Hall–Kier alpha value is -1.63. The first-order chi connectivity index (χ1) is 10.0. The van der Waals surface area contributed by atoms with Crippen LogP contribution in [0.3, 0.4) is 0 Å². The van der Waals surface area contributed by atoms with Crippen LogP contribution in [0, 0.1) is 6.92 Å². The Morgan fingerprint density at radius 3 is 2.90 bits per heavy atom. The molecule has 0 spiro atoms. The Kier molecular flexibility index (Phi) is 4.82. The fourth-order valence-electron chi connectivity index (χ4n) is 2.92. The van der Waals surface area contributed by atoms with Crippen LogP contribution in [-0.2, 0) is 11.3 Å². The number of likely N-dealkylation sites (tertiary alicyclic amines) is 1. The van der Waals surface area contributed by atoms with E-state index in [-0.39, 0.29) is 6.03 Å². The van der Waals surface area contributed by atoms with Gasteiger partial charge in [-0.15, -0.1) is 11.3 Å². The summed E-state index contributed by atoms with van der Waals surface area (Å²) in [7, 11) is 0. The number of carboxylic acids is 1. The lowest BCUT2D eigenvalue weighted by Crippen LogP contribution is -2.55. The molecule has 0 aliphatic carbocycles. The zero-order valence-electron chi connectivity index (χ0n) is 12.4. The molecule has 1 aliphatic heterocycles. The van der Waals surface area contributed by atoms with Gasteiger partial charge in [-0.3, -0.25) is 0 Å². The summed E-state index contributed by atoms with van der Waals surface area (Å²) in [6, 6.07) is -0.295. The summed E-state index contributed by atoms with van der Waals surface area (Å²) in [5.74, 6) is -0.897. The lowest BCUT2D eigenvalue weighted by molar-refractivity contribution is -0.148. The molecular weight excluding hydrogens is 290 g/mol. The maximum Gasteiger partial charge on any atom is 0.329 e. The van der Waals surface area contributed by atoms with Gasteiger partial charge in [0.25, 0.3) is 0 Å². The number of hydrogen-bond acceptors (Lipinski definition) is 4. The summed E-state index contributed by atoms with van der Waals surface area (Å²) in [4.78, 5) is 30.7. The van der Waals surface area contributed by atoms with E-state index in [1.54, 1.807) is 5.51 Å². The van der Waals surface area contributed by atoms with E-state index in [4.69, 9.17) is 0 Å². The minimum Gasteiger partial charge on any atom is -0.479 e. The number of nitrogens with zero attached hydrogens (tertiary/aromatic N) is 2. The zero-order chi connectivity index (χ0) is 15.5. The van der Waals surface area contributed by atoms with E-state index in [9.17, 15) is 14.7 Å². The Balaban J connectivity index is 2.06. The van der Waals surface area contributed by atoms with Crippen LogP contribution in [0.25, 0.3) is 0 Å². The van der Waals surface area contributed by atoms with Gasteiger partial charge in [0.1, 0.15) is 5.54 Å². The third-order valence-corrected chi connectivity index (χ3v) is 4.98. The molecular formula is C14H21N3O3S. The summed E-state index contributed by atoms with van der Waals surface area (Å²) in [5, 5.41) is 12.4. The van der Waals surface area contributed by atoms with Gasteiger partial charge < -0.3 is 15.3 Å². The van der Waals surface area contributed by atoms with E-state index in [2.05, 4.69) is 10.3 Å². The second-order valence-electron chi connectivity index (χ2n) is 5.36. The molecule has 116 valence electrons. The predicted octanol–water partition coefficient (Wildman–Crippen LogP) is 2.38. The van der Waals surface area contributed by atoms with Crippen molar-refractivity contribution in [3.8, 4) is 0 Å². The lowest BCUT2D eigenvalue weighted by Gasteiger charge is -2.34. The fraction of sp³-hybridized carbons (Fsp3) is 0.643. The van der Waals surface area contributed by atoms with Gasteiger partial charge in [-0.05, 0) is 26.2 Å². The number of aryl methyl sites for hydroxylation is 1. The van der Waals surface area contributed by atoms with E-state index in [0.29, 0.717) is 25.9 Å². The van der Waals surface area contributed by atoms with Gasteiger partial charge >= 0.3 is 12.0 Å². The molecule has 0 aromatic carbocycles. The van der Waals surface area contributed by atoms with E-state index >= 15 is 0 Å². The normalized spacial score (nSPS) is 21.5. The molecule has 2 N–H and O–H groups in total. The molecule has 2 heterocycles. The smallest absolute Gasteiger partial charge is 0.329 e. The second-order valence-corrected chi connectivity index (χ2v) is 6.30. The Labute approximate surface area is 128 Å². The number of aliphatic carboxylic acids is 1. The number of amides is 2. The third kappa shape index (κ3) is 3.02. The lowest BCUT2D eigenvalue weighted by atomic mass is 9.91. The topological polar surface area (TPSA) is 82.5 Å². The summed E-state index contributed by atoms with van der Waals surface area (Å²) < 4.78 is 0. The molecule has 1 aromatic heterocycles. The number of urea groups is 1. The maximum absolute atomic E-state index is 12.4. The van der Waals surface area contributed by atoms with Crippen molar-refractivity contribution in [3.63, 3.8) is 0 Å². The van der Waals surface area contributed by atoms with E-state index in [0.717, 1.165) is 23.4 Å². The summed E-state index contributed by atoms with van der Waals surface area (Å²) in [6.07, 6.45) is 2.50. The molecule has 1 aliphatic rings. The van der Waals surface area contributed by atoms with E-state index < -0.39 is 11.5 Å². The van der Waals surface area contributed by atoms with Crippen molar-refractivity contribution in [2.24, 2.45) is 0 Å². The number of hydrogen-bond donors (Lipinski definition) is 2. The highest BCUT2D eigenvalue weighted by atomic mass is 32.1. The predicted molar refractivity (Wildman–Crippen MR) is 80.3 cm³/mol. The quantitative estimate of drug-likeness (QED) is 0.874. The number of carbonyl (C=O) groups is 2. The number of nitrogens with one attached hydrogen (secondary N) is 1. The molecule has 1 fully saturated rings. The van der Waals surface area contributed by atoms with Gasteiger partial charge in [-0.25, -0.2) is 14.6 Å². The molecule has 1 unspecified atom stereocenters. The van der Waals surface area contributed by atoms with Crippen molar-refractivity contribution in [1.82, 2.24) is 15.2 Å². The molecule has 6 nitrogen and oxygen atoms in total. The summed E-state index contributed by atoms with van der Waals surface area (Å²) in [5.41, 5.74) is 1.60. The summed E-state index contributed by atoms with van der Waals surface area (Å²) in [6.45, 7) is 4.74. The van der Waals surface area contributed by atoms with Gasteiger partial charge in [-0.1, -0.05) is 13.3 Å². The number of carboxylic acid groups (broad SMARTS) is 1. The van der Waals surface area contributed by atoms with Gasteiger partial charge in [0, 0.05) is 11.4 Å². The van der Waals surface area contributed by atoms with Crippen molar-refractivity contribution < 1.29 is 14.7 Å². The Bertz CT molecular complexity index is 531. The zero-order valence-corrected chi connectivity index (χ0v) is 13.2. The molecule has 2 amide bonds. The van der Waals surface area contributed by atoms with Crippen LogP contribution in [-0.4, -0.2) is 39.1 Å². The van der Waals surface area contributed by atoms with Crippen LogP contribution in [0.5, 0.6) is 0 Å². The van der Waals surface area contributed by atoms with Crippen LogP contribution in [0.4, 0.5) is 4.79 Å². The molecule has 7 heteroatoms. The molecule has 21 heavy (non-hydrogen) atoms. The second kappa shape index (κ2) is 6.43. The van der Waals surface area contributed by atoms with Crippen molar-refractivity contribution >= 4 is 23.3 Å². The van der Waals surface area contributed by atoms with Crippen molar-refractivity contribution in [2.75, 3.05) is 6.54 Å². The monoisotopic (exact) mass is 311 g/mol. The fourth-order valence-corrected chi connectivity index (χ4v) is 3.64. The first-order valence-corrected chi connectivity index (χ1v) is 8.07. The number of carbonyl (C=O) groups excluding carboxylic acids is 1. The number of aromatic nitrogens is 1. The molecule has 0 saturated carbocycles. The largest absolute Gasteiger partial charge is 0.479 e. The van der Waals surface area contributed by atoms with Crippen LogP contribution in [0.15, 0.2) is 5.51 Å². The third-order valence-electron chi connectivity index (χ3n) is 4.04.